The summed E-state index contributed by atoms with van der Waals surface area (Å²) in [7, 11) is 0. The molecular weight excluding hydrogens is 412 g/mol. The van der Waals surface area contributed by atoms with E-state index >= 15 is 0 Å². The summed E-state index contributed by atoms with van der Waals surface area (Å²) in [5.74, 6) is -3.44. The summed E-state index contributed by atoms with van der Waals surface area (Å²) in [6.45, 7) is 7.30. The van der Waals surface area contributed by atoms with Crippen LogP contribution in [0.5, 0.6) is 0 Å². The van der Waals surface area contributed by atoms with Gasteiger partial charge in [-0.25, -0.2) is 0 Å². The second-order valence-electron chi connectivity index (χ2n) is 8.99. The summed E-state index contributed by atoms with van der Waals surface area (Å²) in [5, 5.41) is 18.8. The van der Waals surface area contributed by atoms with Gasteiger partial charge in [0.05, 0.1) is 12.0 Å². The maximum Gasteiger partial charge on any atom is 0.310 e. The molecule has 5 unspecified atom stereocenters. The second kappa shape index (κ2) is 10.6. The maximum atomic E-state index is 13.8. The van der Waals surface area contributed by atoms with Gasteiger partial charge in [0, 0.05) is 26.2 Å². The number of amides is 2. The Morgan fingerprint density at radius 3 is 2.66 bits per heavy atom. The lowest BCUT2D eigenvalue weighted by Crippen LogP contribution is -2.56. The molecule has 0 saturated carbocycles. The minimum atomic E-state index is -1.23. The summed E-state index contributed by atoms with van der Waals surface area (Å²) in [5.41, 5.74) is -1.23. The molecule has 1 spiro atoms. The highest BCUT2D eigenvalue weighted by Crippen LogP contribution is 2.55. The fourth-order valence-corrected chi connectivity index (χ4v) is 5.39. The van der Waals surface area contributed by atoms with Crippen LogP contribution in [0, 0.1) is 11.8 Å². The zero-order valence-corrected chi connectivity index (χ0v) is 18.9. The van der Waals surface area contributed by atoms with E-state index in [2.05, 4.69) is 13.5 Å². The molecule has 2 N–H and O–H groups in total. The van der Waals surface area contributed by atoms with Crippen LogP contribution >= 0.6 is 0 Å². The monoisotopic (exact) mass is 448 g/mol. The molecule has 3 aliphatic heterocycles. The van der Waals surface area contributed by atoms with Crippen molar-refractivity contribution >= 4 is 17.8 Å². The summed E-state index contributed by atoms with van der Waals surface area (Å²) in [6, 6.07) is -0.870. The molecule has 32 heavy (non-hydrogen) atoms. The zero-order chi connectivity index (χ0) is 23.3. The highest BCUT2D eigenvalue weighted by molar-refractivity contribution is 5.99. The van der Waals surface area contributed by atoms with Gasteiger partial charge < -0.3 is 24.7 Å². The standard InChI is InChI=1S/C24H36N2O6/c1-3-5-8-14-25(13-4-2)22(29)20-24-12-11-17(32-24)18(23(30)31)19(24)21(28)26(20)15-9-6-7-10-16-27/h4,11-12,17-20,27H,2-3,5-10,13-16H2,1H3,(H,30,31). The van der Waals surface area contributed by atoms with Crippen molar-refractivity contribution in [2.24, 2.45) is 11.8 Å². The van der Waals surface area contributed by atoms with Gasteiger partial charge in [-0.2, -0.15) is 0 Å². The van der Waals surface area contributed by atoms with Crippen LogP contribution in [0.25, 0.3) is 0 Å². The highest BCUT2D eigenvalue weighted by Gasteiger charge is 2.73. The van der Waals surface area contributed by atoms with Gasteiger partial charge in [0.15, 0.2) is 0 Å². The molecular formula is C24H36N2O6. The zero-order valence-electron chi connectivity index (χ0n) is 18.9. The number of fused-ring (bicyclic) bond motifs is 1. The normalized spacial score (nSPS) is 30.1. The van der Waals surface area contributed by atoms with E-state index in [9.17, 15) is 19.5 Å². The van der Waals surface area contributed by atoms with Crippen LogP contribution in [-0.2, 0) is 19.1 Å². The van der Waals surface area contributed by atoms with Crippen LogP contribution < -0.4 is 0 Å². The Morgan fingerprint density at radius 2 is 2.00 bits per heavy atom. The number of rotatable bonds is 14. The molecule has 0 aliphatic carbocycles. The maximum absolute atomic E-state index is 13.8. The van der Waals surface area contributed by atoms with Gasteiger partial charge in [-0.15, -0.1) is 6.58 Å². The Kier molecular flexibility index (Phi) is 8.11. The van der Waals surface area contributed by atoms with Crippen molar-refractivity contribution in [3.05, 3.63) is 24.8 Å². The molecule has 2 amide bonds. The Hall–Kier alpha value is -2.19. The SMILES string of the molecule is C=CCN(CCCCC)C(=O)C1N(CCCCCCO)C(=O)C2C(C(=O)O)C3C=CC21O3. The molecule has 3 rings (SSSR count). The third-order valence-corrected chi connectivity index (χ3v) is 6.89. The van der Waals surface area contributed by atoms with Crippen LogP contribution in [0.1, 0.15) is 51.9 Å². The van der Waals surface area contributed by atoms with Gasteiger partial charge in [0.25, 0.3) is 0 Å². The number of aliphatic carboxylic acids is 1. The smallest absolute Gasteiger partial charge is 0.310 e. The van der Waals surface area contributed by atoms with Crippen molar-refractivity contribution in [1.29, 1.82) is 0 Å². The number of carboxylic acids is 1. The predicted molar refractivity (Wildman–Crippen MR) is 119 cm³/mol. The summed E-state index contributed by atoms with van der Waals surface area (Å²) in [6.07, 6.45) is 10.3. The summed E-state index contributed by atoms with van der Waals surface area (Å²) >= 11 is 0. The lowest BCUT2D eigenvalue weighted by molar-refractivity contribution is -0.150. The highest BCUT2D eigenvalue weighted by atomic mass is 16.5. The Balaban J connectivity index is 1.88. The van der Waals surface area contributed by atoms with Crippen molar-refractivity contribution in [3.63, 3.8) is 0 Å². The van der Waals surface area contributed by atoms with E-state index in [-0.39, 0.29) is 18.4 Å². The molecule has 2 bridgehead atoms. The lowest BCUT2D eigenvalue weighted by Gasteiger charge is -2.36. The van der Waals surface area contributed by atoms with E-state index in [1.165, 1.54) is 0 Å². The molecule has 3 heterocycles. The van der Waals surface area contributed by atoms with Crippen molar-refractivity contribution in [2.45, 2.75) is 69.6 Å². The first-order valence-electron chi connectivity index (χ1n) is 11.8. The first-order chi connectivity index (χ1) is 15.4. The average molecular weight is 449 g/mol. The molecule has 0 aromatic carbocycles. The van der Waals surface area contributed by atoms with Crippen LogP contribution in [0.2, 0.25) is 0 Å². The van der Waals surface area contributed by atoms with Gasteiger partial charge >= 0.3 is 5.97 Å². The number of carbonyl (C=O) groups is 3. The number of nitrogens with zero attached hydrogens (tertiary/aromatic N) is 2. The predicted octanol–water partition coefficient (Wildman–Crippen LogP) is 1.98. The van der Waals surface area contributed by atoms with Crippen LogP contribution in [-0.4, -0.2) is 81.8 Å². The molecule has 0 aromatic heterocycles. The number of hydrogen-bond acceptors (Lipinski definition) is 5. The number of hydrogen-bond donors (Lipinski definition) is 2. The number of likely N-dealkylation sites (tertiary alicyclic amines) is 1. The number of ether oxygens (including phenoxy) is 1. The fourth-order valence-electron chi connectivity index (χ4n) is 5.39. The molecule has 8 nitrogen and oxygen atoms in total. The van der Waals surface area contributed by atoms with E-state index < -0.39 is 35.6 Å². The van der Waals surface area contributed by atoms with Crippen molar-refractivity contribution in [3.8, 4) is 0 Å². The van der Waals surface area contributed by atoms with E-state index in [0.29, 0.717) is 32.5 Å². The third kappa shape index (κ3) is 4.35. The average Bonchev–Trinajstić information content (AvgIpc) is 3.40. The number of aliphatic hydroxyl groups excluding tert-OH is 1. The topological polar surface area (TPSA) is 107 Å². The number of carbonyl (C=O) groups excluding carboxylic acids is 2. The molecule has 8 heteroatoms. The minimum absolute atomic E-state index is 0.129. The Morgan fingerprint density at radius 1 is 1.25 bits per heavy atom. The third-order valence-electron chi connectivity index (χ3n) is 6.89. The van der Waals surface area contributed by atoms with Gasteiger partial charge in [-0.1, -0.05) is 50.8 Å². The van der Waals surface area contributed by atoms with Crippen LogP contribution in [0.15, 0.2) is 24.8 Å². The van der Waals surface area contributed by atoms with E-state index in [0.717, 1.165) is 32.1 Å². The Labute approximate surface area is 189 Å². The first-order valence-corrected chi connectivity index (χ1v) is 11.8. The fraction of sp³-hybridized carbons (Fsp3) is 0.708. The van der Waals surface area contributed by atoms with Gasteiger partial charge in [-0.3, -0.25) is 14.4 Å². The van der Waals surface area contributed by atoms with Gasteiger partial charge in [0.1, 0.15) is 17.6 Å². The second-order valence-corrected chi connectivity index (χ2v) is 8.99. The first kappa shape index (κ1) is 24.5. The minimum Gasteiger partial charge on any atom is -0.481 e. The largest absolute Gasteiger partial charge is 0.481 e. The molecule has 5 atom stereocenters. The molecule has 2 fully saturated rings. The molecule has 2 saturated heterocycles. The number of carboxylic acid groups (broad SMARTS) is 1. The number of unbranched alkanes of at least 4 members (excludes halogenated alkanes) is 5. The van der Waals surface area contributed by atoms with E-state index in [1.54, 1.807) is 28.0 Å². The van der Waals surface area contributed by atoms with E-state index in [1.807, 2.05) is 0 Å². The molecule has 178 valence electrons. The quantitative estimate of drug-likeness (QED) is 0.311. The van der Waals surface area contributed by atoms with Crippen molar-refractivity contribution in [1.82, 2.24) is 9.80 Å². The van der Waals surface area contributed by atoms with Crippen molar-refractivity contribution < 1.29 is 29.3 Å². The van der Waals surface area contributed by atoms with Crippen LogP contribution in [0.3, 0.4) is 0 Å². The van der Waals surface area contributed by atoms with Crippen molar-refractivity contribution in [2.75, 3.05) is 26.2 Å². The summed E-state index contributed by atoms with van der Waals surface area (Å²) in [4.78, 5) is 42.6. The van der Waals surface area contributed by atoms with Gasteiger partial charge in [0.2, 0.25) is 11.8 Å². The van der Waals surface area contributed by atoms with E-state index in [4.69, 9.17) is 9.84 Å². The van der Waals surface area contributed by atoms with Gasteiger partial charge in [-0.05, 0) is 19.3 Å². The molecule has 0 radical (unpaired) electrons. The molecule has 0 aromatic rings. The van der Waals surface area contributed by atoms with Crippen LogP contribution in [0.4, 0.5) is 0 Å². The molecule has 3 aliphatic rings. The lowest BCUT2D eigenvalue weighted by atomic mass is 9.74. The Bertz CT molecular complexity index is 753. The number of aliphatic hydroxyl groups is 1. The summed E-state index contributed by atoms with van der Waals surface area (Å²) < 4.78 is 6.13.